The van der Waals surface area contributed by atoms with Gasteiger partial charge >= 0.3 is 0 Å². The second-order valence-corrected chi connectivity index (χ2v) is 33.7. The molecular formula is C94H109N27O. The van der Waals surface area contributed by atoms with Crippen molar-refractivity contribution in [1.29, 1.82) is 21.0 Å². The lowest BCUT2D eigenvalue weighted by molar-refractivity contribution is -0.115. The molecule has 5 atom stereocenters. The van der Waals surface area contributed by atoms with Crippen molar-refractivity contribution in [3.63, 3.8) is 0 Å². The molecule has 6 aliphatic rings. The van der Waals surface area contributed by atoms with E-state index in [0.717, 1.165) is 108 Å². The van der Waals surface area contributed by atoms with Gasteiger partial charge in [-0.15, -0.1) is 0 Å². The molecule has 6 aromatic carbocycles. The molecule has 5 unspecified atom stereocenters. The van der Waals surface area contributed by atoms with Crippen molar-refractivity contribution in [2.75, 3.05) is 26.6 Å². The second-order valence-electron chi connectivity index (χ2n) is 33.7. The number of amides is 1. The van der Waals surface area contributed by atoms with E-state index in [4.69, 9.17) is 17.2 Å². The third-order valence-corrected chi connectivity index (χ3v) is 23.8. The standard InChI is InChI=1S/C23H23N5.C18H23N5O.C18H21N5.C17H18N6.C17H20N6.CH4/c1-15(2)23(19-11-16(3)10-17(4)12-19)20(13-24)21(18-8-6-5-7-9-18)27-22-25-14-26-28(22)23;1-10(2)18(14-7-11(3)6-12(4)8-14)15(16(19)24)13(5)22-17-20-9-21-23(17)18;1-11(2)18(15-7-12(3)6-13(4)8-15)16(9-19)14(5)22-17-20-10-21-23(17)18;1-10-5-11(2)7-13(6-10)17(12-3-4-12)14(8-18)15(19)22-16-20-9-21-23(16)17;1-10(2)17(13-6-11(3)5-12(4)7-13)14(8-18)15(19)22-16-20-9-21-23(16)17;/h5-12,14-15H,1-4H3,(H,25,26,27);6-10H,1-5H3,(H2,19,24)(H,20,21,22);6-8,10-11H,1-5H3,(H,20,21,22);5-7,9,12H,3-4,19H2,1-2H3,(H,20,21,22);5-7,9-10H,19H2,1-4H3,(H,20,21,22);1H4. The summed E-state index contributed by atoms with van der Waals surface area (Å²) in [4.78, 5) is 34.0. The summed E-state index contributed by atoms with van der Waals surface area (Å²) in [6, 6.07) is 51.4. The maximum absolute atomic E-state index is 12.4. The third kappa shape index (κ3) is 14.5. The molecule has 1 saturated carbocycles. The summed E-state index contributed by atoms with van der Waals surface area (Å²) in [5.74, 6) is 3.94. The molecule has 0 spiro atoms. The molecule has 5 aliphatic heterocycles. The van der Waals surface area contributed by atoms with E-state index in [2.05, 4.69) is 289 Å². The van der Waals surface area contributed by atoms with Gasteiger partial charge in [0.1, 0.15) is 94.3 Å². The largest absolute Gasteiger partial charge is 0.384 e. The van der Waals surface area contributed by atoms with E-state index in [9.17, 15) is 25.8 Å². The smallest absolute Gasteiger partial charge is 0.249 e. The van der Waals surface area contributed by atoms with Gasteiger partial charge in [-0.05, 0) is 159 Å². The first kappa shape index (κ1) is 87.1. The highest BCUT2D eigenvalue weighted by molar-refractivity contribution is 5.97. The number of carbonyl (C=O) groups is 1. The van der Waals surface area contributed by atoms with E-state index < -0.39 is 33.6 Å². The number of nitriles is 4. The number of hydrogen-bond donors (Lipinski definition) is 8. The zero-order valence-electron chi connectivity index (χ0n) is 72.4. The molecule has 0 radical (unpaired) electrons. The Balaban J connectivity index is 0.000000139. The molecule has 28 nitrogen and oxygen atoms in total. The van der Waals surface area contributed by atoms with E-state index in [-0.39, 0.29) is 31.1 Å². The lowest BCUT2D eigenvalue weighted by Gasteiger charge is -2.43. The van der Waals surface area contributed by atoms with Crippen molar-refractivity contribution in [2.24, 2.45) is 46.8 Å². The summed E-state index contributed by atoms with van der Waals surface area (Å²) in [5, 5.41) is 77.9. The van der Waals surface area contributed by atoms with Gasteiger partial charge in [-0.3, -0.25) is 4.79 Å². The van der Waals surface area contributed by atoms with Crippen LogP contribution in [0.25, 0.3) is 5.70 Å². The van der Waals surface area contributed by atoms with Crippen molar-refractivity contribution in [3.05, 3.63) is 293 Å². The molecule has 1 amide bonds. The molecule has 122 heavy (non-hydrogen) atoms. The Morgan fingerprint density at radius 2 is 0.664 bits per heavy atom. The number of allylic oxidation sites excluding steroid dienone is 6. The number of nitrogens with one attached hydrogen (secondary N) is 5. The van der Waals surface area contributed by atoms with Gasteiger partial charge in [0.15, 0.2) is 0 Å². The van der Waals surface area contributed by atoms with E-state index in [1.54, 1.807) is 15.7 Å². The fourth-order valence-electron chi connectivity index (χ4n) is 19.3. The first-order valence-electron chi connectivity index (χ1n) is 40.6. The number of nitrogens with zero attached hydrogens (tertiary/aromatic N) is 19. The molecule has 5 aromatic heterocycles. The van der Waals surface area contributed by atoms with Crippen LogP contribution in [0.2, 0.25) is 0 Å². The van der Waals surface area contributed by atoms with Crippen LogP contribution in [-0.2, 0) is 32.5 Å². The minimum absolute atomic E-state index is 0. The van der Waals surface area contributed by atoms with E-state index in [0.29, 0.717) is 75.2 Å². The lowest BCUT2D eigenvalue weighted by atomic mass is 9.71. The van der Waals surface area contributed by atoms with Crippen molar-refractivity contribution in [1.82, 2.24) is 73.8 Å². The van der Waals surface area contributed by atoms with Crippen molar-refractivity contribution in [2.45, 2.75) is 186 Å². The van der Waals surface area contributed by atoms with Gasteiger partial charge in [-0.1, -0.05) is 240 Å². The molecule has 11 aromatic rings. The average Bonchev–Trinajstić information content (AvgIpc) is 1.44. The Hall–Kier alpha value is -14.3. The topological polar surface area (TPSA) is 404 Å². The fraction of sp³-hybridized carbons (Fsp3) is 0.351. The minimum atomic E-state index is -0.788. The van der Waals surface area contributed by atoms with Gasteiger partial charge in [0.25, 0.3) is 0 Å². The van der Waals surface area contributed by atoms with Crippen LogP contribution >= 0.6 is 0 Å². The maximum Gasteiger partial charge on any atom is 0.249 e. The van der Waals surface area contributed by atoms with Crippen LogP contribution < -0.4 is 43.8 Å². The molecule has 1 fully saturated rings. The SMILES string of the molecule is C.CC1=C(C#N)C(c2cc(C)cc(C)c2)(C(C)C)n2ncnc2N1.CC1=C(C(N)=O)C(c2cc(C)cc(C)c2)(C(C)C)n2ncnc2N1.Cc1cc(C)cc(C2(C(C)C)C(C#N)=C(N)Nc3ncnn32)c1.Cc1cc(C)cc(C2(C(C)C)C(C#N)=C(c3ccccc3)Nc3ncnn32)c1.Cc1cc(C)cc(C2(C3CC3)C(C#N)=C(N)Nc3ncnn32)c1. The molecule has 1 aliphatic carbocycles. The first-order valence-corrected chi connectivity index (χ1v) is 40.6. The highest BCUT2D eigenvalue weighted by Crippen LogP contribution is 2.56. The van der Waals surface area contributed by atoms with E-state index >= 15 is 0 Å². The van der Waals surface area contributed by atoms with Crippen LogP contribution in [0.4, 0.5) is 29.7 Å². The first-order chi connectivity index (χ1) is 57.6. The highest BCUT2D eigenvalue weighted by atomic mass is 16.1. The van der Waals surface area contributed by atoms with E-state index in [1.807, 2.05) is 85.9 Å². The molecule has 17 rings (SSSR count). The van der Waals surface area contributed by atoms with Crippen molar-refractivity contribution in [3.8, 4) is 24.3 Å². The predicted molar refractivity (Wildman–Crippen MR) is 475 cm³/mol. The number of fused-ring (bicyclic) bond motifs is 5. The van der Waals surface area contributed by atoms with E-state index in [1.165, 1.54) is 36.4 Å². The van der Waals surface area contributed by atoms with Gasteiger partial charge in [-0.25, -0.2) is 23.4 Å². The van der Waals surface area contributed by atoms with Crippen LogP contribution in [0.5, 0.6) is 0 Å². The van der Waals surface area contributed by atoms with Crippen LogP contribution in [0.15, 0.2) is 204 Å². The zero-order valence-corrected chi connectivity index (χ0v) is 72.4. The summed E-state index contributed by atoms with van der Waals surface area (Å²) in [6.45, 7) is 41.3. The summed E-state index contributed by atoms with van der Waals surface area (Å²) in [5.41, 5.74) is 37.4. The Labute approximate surface area is 714 Å². The molecular weight excluding hydrogens is 1520 g/mol. The molecule has 0 bridgehead atoms. The Morgan fingerprint density at radius 1 is 0.377 bits per heavy atom. The second kappa shape index (κ2) is 33.9. The van der Waals surface area contributed by atoms with Crippen LogP contribution in [0.1, 0.15) is 179 Å². The molecule has 28 heteroatoms. The number of benzene rings is 6. The predicted octanol–water partition coefficient (Wildman–Crippen LogP) is 15.9. The summed E-state index contributed by atoms with van der Waals surface area (Å²) >= 11 is 0. The van der Waals surface area contributed by atoms with Gasteiger partial charge in [0.2, 0.25) is 35.6 Å². The highest BCUT2D eigenvalue weighted by Gasteiger charge is 2.57. The number of primary amides is 1. The molecule has 626 valence electrons. The van der Waals surface area contributed by atoms with Gasteiger partial charge in [-0.2, -0.15) is 71.5 Å². The summed E-state index contributed by atoms with van der Waals surface area (Å²) in [6.07, 6.45) is 9.67. The summed E-state index contributed by atoms with van der Waals surface area (Å²) in [7, 11) is 0. The van der Waals surface area contributed by atoms with Crippen LogP contribution in [-0.4, -0.2) is 79.7 Å². The molecule has 10 heterocycles. The zero-order chi connectivity index (χ0) is 87.3. The number of aromatic nitrogens is 15. The number of hydrogen-bond acceptors (Lipinski definition) is 22. The molecule has 11 N–H and O–H groups in total. The van der Waals surface area contributed by atoms with Crippen molar-refractivity contribution >= 4 is 41.3 Å². The quantitative estimate of drug-likeness (QED) is 0.0563. The molecule has 0 saturated heterocycles. The average molecular weight is 1630 g/mol. The normalized spacial score (nSPS) is 20.2. The fourth-order valence-corrected chi connectivity index (χ4v) is 19.3. The van der Waals surface area contributed by atoms with Gasteiger partial charge in [0.05, 0.1) is 34.6 Å². The van der Waals surface area contributed by atoms with Gasteiger partial charge < -0.3 is 43.8 Å². The number of rotatable bonds is 12. The summed E-state index contributed by atoms with van der Waals surface area (Å²) < 4.78 is 9.14. The number of aryl methyl sites for hydroxylation is 10. The number of anilines is 5. The Kier molecular flexibility index (Phi) is 24.2. The van der Waals surface area contributed by atoms with Crippen molar-refractivity contribution < 1.29 is 4.79 Å². The Bertz CT molecular complexity index is 5800. The number of nitrogens with two attached hydrogens (primary N) is 3. The maximum atomic E-state index is 12.4. The Morgan fingerprint density at radius 3 is 1.01 bits per heavy atom. The van der Waals surface area contributed by atoms with Crippen LogP contribution in [0, 0.1) is 144 Å². The number of carbonyl (C=O) groups excluding carboxylic acids is 1. The minimum Gasteiger partial charge on any atom is -0.384 e. The van der Waals surface area contributed by atoms with Crippen LogP contribution in [0.3, 0.4) is 0 Å². The lowest BCUT2D eigenvalue weighted by Crippen LogP contribution is -2.50. The third-order valence-electron chi connectivity index (χ3n) is 23.8. The monoisotopic (exact) mass is 1630 g/mol. The van der Waals surface area contributed by atoms with Gasteiger partial charge in [0, 0.05) is 11.4 Å².